The summed E-state index contributed by atoms with van der Waals surface area (Å²) < 4.78 is 63.9. The van der Waals surface area contributed by atoms with Crippen molar-refractivity contribution < 1.29 is 41.8 Å². The lowest BCUT2D eigenvalue weighted by Gasteiger charge is -2.31. The number of rotatable bonds is 7. The predicted octanol–water partition coefficient (Wildman–Crippen LogP) is 4.30. The third-order valence-corrected chi connectivity index (χ3v) is 8.70. The average Bonchev–Trinajstić information content (AvgIpc) is 3.35. The number of amides is 4. The van der Waals surface area contributed by atoms with Crippen LogP contribution in [-0.4, -0.2) is 70.2 Å². The highest BCUT2D eigenvalue weighted by Gasteiger charge is 2.57. The molecule has 11 nitrogen and oxygen atoms in total. The maximum absolute atomic E-state index is 14.8. The first-order valence-corrected chi connectivity index (χ1v) is 14.9. The number of alkyl halides is 3. The largest absolute Gasteiger partial charge is 0.489 e. The predicted molar refractivity (Wildman–Crippen MR) is 166 cm³/mol. The van der Waals surface area contributed by atoms with Crippen molar-refractivity contribution in [1.82, 2.24) is 20.2 Å². The van der Waals surface area contributed by atoms with Gasteiger partial charge < -0.3 is 31.1 Å². The summed E-state index contributed by atoms with van der Waals surface area (Å²) in [5.74, 6) is -2.56. The zero-order valence-electron chi connectivity index (χ0n) is 25.7. The zero-order valence-corrected chi connectivity index (χ0v) is 25.7. The fourth-order valence-electron chi connectivity index (χ4n) is 5.55. The van der Waals surface area contributed by atoms with Crippen LogP contribution in [0, 0.1) is 12.7 Å². The van der Waals surface area contributed by atoms with Crippen LogP contribution < -0.4 is 21.1 Å². The number of nitrogens with two attached hydrogens (primary N) is 1. The van der Waals surface area contributed by atoms with E-state index in [2.05, 4.69) is 20.6 Å². The van der Waals surface area contributed by atoms with Crippen LogP contribution >= 0.6 is 0 Å². The number of carbonyl (C=O) groups excluding carboxylic acids is 3. The van der Waals surface area contributed by atoms with E-state index >= 15 is 0 Å². The summed E-state index contributed by atoms with van der Waals surface area (Å²) in [7, 11) is 0. The van der Waals surface area contributed by atoms with Crippen LogP contribution in [0.25, 0.3) is 22.2 Å². The quantitative estimate of drug-likeness (QED) is 0.214. The number of fused-ring (bicyclic) bond motifs is 2. The number of hydrogen-bond donors (Lipinski definition) is 4. The van der Waals surface area contributed by atoms with Crippen molar-refractivity contribution in [2.45, 2.75) is 37.5 Å². The molecule has 1 unspecified atom stereocenters. The summed E-state index contributed by atoms with van der Waals surface area (Å²) in [5, 5.41) is 16.7. The molecule has 1 fully saturated rings. The lowest BCUT2D eigenvalue weighted by molar-refractivity contribution is -0.265. The summed E-state index contributed by atoms with van der Waals surface area (Å²) in [4.78, 5) is 48.6. The van der Waals surface area contributed by atoms with E-state index in [0.29, 0.717) is 24.0 Å². The fraction of sp³-hybridized carbons (Fsp3) is 0.303. The van der Waals surface area contributed by atoms with E-state index in [1.807, 2.05) is 0 Å². The van der Waals surface area contributed by atoms with Gasteiger partial charge in [0.05, 0.1) is 23.4 Å². The summed E-state index contributed by atoms with van der Waals surface area (Å²) in [5.41, 5.74) is 0.353. The topological polar surface area (TPSA) is 160 Å². The minimum absolute atomic E-state index is 0.0481. The third kappa shape index (κ3) is 5.63. The third-order valence-electron chi connectivity index (χ3n) is 8.70. The van der Waals surface area contributed by atoms with Gasteiger partial charge in [0, 0.05) is 41.4 Å². The molecule has 6 rings (SSSR count). The van der Waals surface area contributed by atoms with Gasteiger partial charge in [0.15, 0.2) is 0 Å². The molecule has 48 heavy (non-hydrogen) atoms. The van der Waals surface area contributed by atoms with Crippen LogP contribution in [0.3, 0.4) is 0 Å². The second-order valence-electron chi connectivity index (χ2n) is 12.1. The standard InChI is InChI=1S/C33H30F4N6O5/c1-17-10-19-11-20(12-23(25(19)39-14-17)41-30(46)43-8-3-9-43)28(44)40-15-32(47,33(35,36)37)24-13-22-27(48-16-31(22,2)29(38)45)26(42-24)18-4-6-21(34)7-5-18/h4-7,10-14,47H,3,8-9,15-16H2,1-2H3,(H2,38,45)(H,40,44)(H,41,46)/t31-,32?/m0/s1. The molecule has 0 spiro atoms. The highest BCUT2D eigenvalue weighted by atomic mass is 19.4. The molecule has 250 valence electrons. The number of primary amides is 1. The molecule has 5 N–H and O–H groups in total. The summed E-state index contributed by atoms with van der Waals surface area (Å²) >= 11 is 0. The second-order valence-corrected chi connectivity index (χ2v) is 12.1. The van der Waals surface area contributed by atoms with Gasteiger partial charge in [0.2, 0.25) is 11.5 Å². The SMILES string of the molecule is Cc1cnc2c(NC(=O)N3CCC3)cc(C(=O)NCC(O)(c3cc4c(c(-c5ccc(F)cc5)n3)OC[C@]4(C)C(N)=O)C(F)(F)F)cc2c1. The molecule has 2 aliphatic heterocycles. The molecule has 1 saturated heterocycles. The molecule has 0 saturated carbocycles. The lowest BCUT2D eigenvalue weighted by atomic mass is 9.81. The van der Waals surface area contributed by atoms with E-state index in [1.165, 1.54) is 31.2 Å². The molecule has 4 amide bonds. The Morgan fingerprint density at radius 3 is 2.44 bits per heavy atom. The number of aromatic nitrogens is 2. The highest BCUT2D eigenvalue weighted by molar-refractivity contribution is 6.05. The molecule has 2 aliphatic rings. The number of nitrogens with one attached hydrogen (secondary N) is 2. The Morgan fingerprint density at radius 2 is 1.81 bits per heavy atom. The normalized spacial score (nSPS) is 18.4. The second kappa shape index (κ2) is 11.7. The number of aryl methyl sites for hydroxylation is 1. The van der Waals surface area contributed by atoms with E-state index in [4.69, 9.17) is 10.5 Å². The van der Waals surface area contributed by atoms with Crippen LogP contribution in [0.5, 0.6) is 5.75 Å². The van der Waals surface area contributed by atoms with Crippen molar-refractivity contribution in [3.63, 3.8) is 0 Å². The first kappa shape index (κ1) is 32.6. The Bertz CT molecular complexity index is 1970. The van der Waals surface area contributed by atoms with Gasteiger partial charge in [-0.1, -0.05) is 0 Å². The van der Waals surface area contributed by atoms with Crippen molar-refractivity contribution in [1.29, 1.82) is 0 Å². The van der Waals surface area contributed by atoms with Crippen LogP contribution in [0.15, 0.2) is 54.7 Å². The number of aliphatic hydroxyl groups is 1. The van der Waals surface area contributed by atoms with Crippen molar-refractivity contribution in [3.05, 3.63) is 82.9 Å². The molecule has 4 aromatic rings. The first-order chi connectivity index (χ1) is 22.6. The molecule has 2 atom stereocenters. The molecule has 0 radical (unpaired) electrons. The number of urea groups is 1. The summed E-state index contributed by atoms with van der Waals surface area (Å²) in [6.07, 6.45) is -2.98. The number of nitrogens with zero attached hydrogens (tertiary/aromatic N) is 3. The van der Waals surface area contributed by atoms with E-state index in [0.717, 1.165) is 30.2 Å². The molecular weight excluding hydrogens is 636 g/mol. The minimum Gasteiger partial charge on any atom is -0.489 e. The maximum atomic E-state index is 14.8. The van der Waals surface area contributed by atoms with Gasteiger partial charge in [-0.25, -0.2) is 14.2 Å². The maximum Gasteiger partial charge on any atom is 0.424 e. The Hall–Kier alpha value is -5.31. The van der Waals surface area contributed by atoms with E-state index in [9.17, 15) is 37.1 Å². The van der Waals surface area contributed by atoms with Gasteiger partial charge in [0.25, 0.3) is 5.91 Å². The Labute approximate surface area is 271 Å². The molecule has 0 bridgehead atoms. The van der Waals surface area contributed by atoms with E-state index in [-0.39, 0.29) is 40.4 Å². The van der Waals surface area contributed by atoms with Crippen molar-refractivity contribution in [2.24, 2.45) is 5.73 Å². The van der Waals surface area contributed by atoms with Crippen molar-refractivity contribution >= 4 is 34.4 Å². The number of halogens is 4. The van der Waals surface area contributed by atoms with Gasteiger partial charge in [0.1, 0.15) is 29.3 Å². The van der Waals surface area contributed by atoms with Gasteiger partial charge in [-0.05, 0) is 74.4 Å². The van der Waals surface area contributed by atoms with E-state index in [1.54, 1.807) is 24.1 Å². The van der Waals surface area contributed by atoms with Crippen molar-refractivity contribution in [2.75, 3.05) is 31.6 Å². The minimum atomic E-state index is -5.40. The van der Waals surface area contributed by atoms with Crippen molar-refractivity contribution in [3.8, 4) is 17.0 Å². The number of benzene rings is 2. The lowest BCUT2D eigenvalue weighted by Crippen LogP contribution is -2.51. The summed E-state index contributed by atoms with van der Waals surface area (Å²) in [6.45, 7) is 2.54. The number of pyridine rings is 2. The molecule has 0 aliphatic carbocycles. The Balaban J connectivity index is 1.39. The molecule has 4 heterocycles. The van der Waals surface area contributed by atoms with Gasteiger partial charge in [-0.3, -0.25) is 14.6 Å². The Morgan fingerprint density at radius 1 is 1.10 bits per heavy atom. The first-order valence-electron chi connectivity index (χ1n) is 14.9. The highest BCUT2D eigenvalue weighted by Crippen LogP contribution is 2.47. The van der Waals surface area contributed by atoms with Crippen LogP contribution in [0.4, 0.5) is 28.0 Å². The van der Waals surface area contributed by atoms with Gasteiger partial charge >= 0.3 is 12.2 Å². The number of carbonyl (C=O) groups is 3. The fourth-order valence-corrected chi connectivity index (χ4v) is 5.55. The monoisotopic (exact) mass is 666 g/mol. The molecule has 15 heteroatoms. The zero-order chi connectivity index (χ0) is 34.6. The van der Waals surface area contributed by atoms with Gasteiger partial charge in [-0.15, -0.1) is 0 Å². The van der Waals surface area contributed by atoms with Crippen LogP contribution in [0.2, 0.25) is 0 Å². The smallest absolute Gasteiger partial charge is 0.424 e. The van der Waals surface area contributed by atoms with Crippen LogP contribution in [0.1, 0.15) is 40.5 Å². The molecular formula is C33H30F4N6O5. The van der Waals surface area contributed by atoms with Crippen LogP contribution in [-0.2, 0) is 15.8 Å². The molecule has 2 aromatic heterocycles. The Kier molecular flexibility index (Phi) is 7.98. The number of anilines is 1. The number of ether oxygens (including phenoxy) is 1. The molecule has 2 aromatic carbocycles. The van der Waals surface area contributed by atoms with Gasteiger partial charge in [-0.2, -0.15) is 13.2 Å². The average molecular weight is 667 g/mol. The number of hydrogen-bond acceptors (Lipinski definition) is 7. The van der Waals surface area contributed by atoms with E-state index < -0.39 is 53.1 Å². The number of likely N-dealkylation sites (tertiary alicyclic amines) is 1. The summed E-state index contributed by atoms with van der Waals surface area (Å²) in [6, 6.07) is 9.52.